The van der Waals surface area contributed by atoms with Gasteiger partial charge in [-0.2, -0.15) is 10.1 Å². The molecule has 4 heterocycles. The van der Waals surface area contributed by atoms with Crippen LogP contribution < -0.4 is 10.2 Å². The van der Waals surface area contributed by atoms with Gasteiger partial charge in [0.25, 0.3) is 0 Å². The Balaban J connectivity index is 1.31. The van der Waals surface area contributed by atoms with E-state index < -0.39 is 0 Å². The Hall–Kier alpha value is -3.46. The van der Waals surface area contributed by atoms with Crippen molar-refractivity contribution in [3.05, 3.63) is 49.3 Å². The van der Waals surface area contributed by atoms with Crippen molar-refractivity contribution in [1.29, 1.82) is 0 Å². The summed E-state index contributed by atoms with van der Waals surface area (Å²) in [6.45, 7) is 9.24. The number of aromatic nitrogens is 4. The normalized spacial score (nSPS) is 19.6. The first-order valence-corrected chi connectivity index (χ1v) is 11.5. The number of fused-ring (bicyclic) bond motifs is 1. The molecule has 1 amide bonds. The molecule has 0 aliphatic carbocycles. The number of likely N-dealkylation sites (N-methyl/N-ethyl adjacent to an activating group) is 1. The zero-order valence-corrected chi connectivity index (χ0v) is 19.0. The Bertz CT molecular complexity index is 1130. The fourth-order valence-electron chi connectivity index (χ4n) is 4.60. The topological polar surface area (TPSA) is 82.4 Å². The molecule has 0 radical (unpaired) electrons. The molecule has 1 aromatic carbocycles. The minimum atomic E-state index is -0.0341. The molecule has 2 aromatic heterocycles. The number of amides is 1. The van der Waals surface area contributed by atoms with Crippen LogP contribution in [-0.4, -0.2) is 81.8 Å². The molecule has 33 heavy (non-hydrogen) atoms. The minimum absolute atomic E-state index is 0.0341. The smallest absolute Gasteiger partial charge is 0.246 e. The van der Waals surface area contributed by atoms with E-state index in [2.05, 4.69) is 63.1 Å². The molecule has 9 nitrogen and oxygen atoms in total. The van der Waals surface area contributed by atoms with Crippen LogP contribution in [0.5, 0.6) is 0 Å². The van der Waals surface area contributed by atoms with Gasteiger partial charge in [-0.1, -0.05) is 6.58 Å². The number of rotatable bonds is 5. The quantitative estimate of drug-likeness (QED) is 0.604. The van der Waals surface area contributed by atoms with Gasteiger partial charge in [0.1, 0.15) is 0 Å². The molecule has 1 N–H and O–H groups in total. The average molecular weight is 447 g/mol. The van der Waals surface area contributed by atoms with Crippen molar-refractivity contribution in [3.63, 3.8) is 0 Å². The summed E-state index contributed by atoms with van der Waals surface area (Å²) in [6, 6.07) is 8.51. The molecule has 172 valence electrons. The van der Waals surface area contributed by atoms with Crippen molar-refractivity contribution in [2.75, 3.05) is 56.5 Å². The van der Waals surface area contributed by atoms with Gasteiger partial charge >= 0.3 is 0 Å². The molecule has 1 unspecified atom stereocenters. The van der Waals surface area contributed by atoms with Gasteiger partial charge < -0.3 is 20.0 Å². The van der Waals surface area contributed by atoms with Crippen LogP contribution in [0, 0.1) is 0 Å². The molecule has 0 saturated carbocycles. The summed E-state index contributed by atoms with van der Waals surface area (Å²) in [6.07, 6.45) is 6.85. The summed E-state index contributed by atoms with van der Waals surface area (Å²) < 4.78 is 1.93. The zero-order valence-electron chi connectivity index (χ0n) is 19.0. The Kier molecular flexibility index (Phi) is 5.95. The lowest BCUT2D eigenvalue weighted by Gasteiger charge is -2.34. The first kappa shape index (κ1) is 21.4. The third-order valence-electron chi connectivity index (χ3n) is 6.55. The van der Waals surface area contributed by atoms with E-state index in [-0.39, 0.29) is 11.9 Å². The number of hydrogen-bond acceptors (Lipinski definition) is 7. The van der Waals surface area contributed by atoms with Crippen molar-refractivity contribution in [3.8, 4) is 0 Å². The summed E-state index contributed by atoms with van der Waals surface area (Å²) >= 11 is 0. The number of hydrogen-bond donors (Lipinski definition) is 1. The van der Waals surface area contributed by atoms with Crippen LogP contribution in [-0.2, 0) is 4.79 Å². The molecule has 9 heteroatoms. The number of benzene rings is 1. The number of carbonyl (C=O) groups is 1. The number of carbonyl (C=O) groups excluding carboxylic acids is 1. The standard InChI is InChI=1S/C24H30N8O/c1-3-22(33)31-10-4-5-21(17-31)32-23-18(16-26-32)15-25-24(28-23)27-19-6-8-20(9-7-19)30-13-11-29(2)12-14-30/h3,6-9,15-16,21H,1,4-5,10-14,17H2,2H3,(H,25,27,28). The maximum atomic E-state index is 12.1. The molecule has 2 saturated heterocycles. The first-order chi connectivity index (χ1) is 16.1. The van der Waals surface area contributed by atoms with E-state index >= 15 is 0 Å². The van der Waals surface area contributed by atoms with Crippen LogP contribution in [0.3, 0.4) is 0 Å². The second-order valence-electron chi connectivity index (χ2n) is 8.81. The predicted octanol–water partition coefficient (Wildman–Crippen LogP) is 2.67. The first-order valence-electron chi connectivity index (χ1n) is 11.5. The van der Waals surface area contributed by atoms with Crippen molar-refractivity contribution >= 4 is 34.3 Å². The Morgan fingerprint density at radius 1 is 1.12 bits per heavy atom. The molecule has 1 atom stereocenters. The summed E-state index contributed by atoms with van der Waals surface area (Å²) in [5.41, 5.74) is 2.96. The van der Waals surface area contributed by atoms with Crippen molar-refractivity contribution in [2.24, 2.45) is 0 Å². The Labute approximate surface area is 193 Å². The molecule has 2 aliphatic rings. The number of likely N-dealkylation sites (tertiary alicyclic amines) is 1. The van der Waals surface area contributed by atoms with Crippen LogP contribution in [0.1, 0.15) is 18.9 Å². The third-order valence-corrected chi connectivity index (χ3v) is 6.55. The van der Waals surface area contributed by atoms with Gasteiger partial charge in [0.15, 0.2) is 5.65 Å². The van der Waals surface area contributed by atoms with Gasteiger partial charge in [-0.25, -0.2) is 9.67 Å². The summed E-state index contributed by atoms with van der Waals surface area (Å²) in [4.78, 5) is 27.9. The SMILES string of the molecule is C=CC(=O)N1CCCC(n2ncc3cnc(Nc4ccc(N5CCN(C)CC5)cc4)nc32)C1. The van der Waals surface area contributed by atoms with Crippen molar-refractivity contribution in [1.82, 2.24) is 29.5 Å². The van der Waals surface area contributed by atoms with E-state index in [0.29, 0.717) is 12.5 Å². The molecule has 2 fully saturated rings. The van der Waals surface area contributed by atoms with Crippen molar-refractivity contribution < 1.29 is 4.79 Å². The highest BCUT2D eigenvalue weighted by atomic mass is 16.2. The molecular weight excluding hydrogens is 416 g/mol. The van der Waals surface area contributed by atoms with E-state index in [4.69, 9.17) is 4.98 Å². The van der Waals surface area contributed by atoms with Gasteiger partial charge in [-0.05, 0) is 50.2 Å². The highest BCUT2D eigenvalue weighted by Crippen LogP contribution is 2.26. The number of nitrogens with zero attached hydrogens (tertiary/aromatic N) is 7. The highest BCUT2D eigenvalue weighted by molar-refractivity contribution is 5.87. The van der Waals surface area contributed by atoms with Gasteiger partial charge in [0.05, 0.1) is 17.6 Å². The number of anilines is 3. The second-order valence-corrected chi connectivity index (χ2v) is 8.81. The summed E-state index contributed by atoms with van der Waals surface area (Å²) in [7, 11) is 2.16. The minimum Gasteiger partial charge on any atom is -0.369 e. The lowest BCUT2D eigenvalue weighted by molar-refractivity contribution is -0.127. The number of nitrogens with one attached hydrogen (secondary N) is 1. The summed E-state index contributed by atoms with van der Waals surface area (Å²) in [5.74, 6) is 0.500. The fourth-order valence-corrected chi connectivity index (χ4v) is 4.60. The highest BCUT2D eigenvalue weighted by Gasteiger charge is 2.25. The molecule has 0 bridgehead atoms. The van der Waals surface area contributed by atoms with Gasteiger partial charge in [0.2, 0.25) is 11.9 Å². The number of piperazine rings is 1. The molecule has 0 spiro atoms. The van der Waals surface area contributed by atoms with E-state index in [1.165, 1.54) is 11.8 Å². The van der Waals surface area contributed by atoms with Crippen LogP contribution in [0.25, 0.3) is 11.0 Å². The van der Waals surface area contributed by atoms with Gasteiger partial charge in [-0.15, -0.1) is 0 Å². The molecule has 2 aliphatic heterocycles. The Morgan fingerprint density at radius 2 is 1.91 bits per heavy atom. The molecule has 5 rings (SSSR count). The lowest BCUT2D eigenvalue weighted by atomic mass is 10.1. The molecular formula is C24H30N8O. The fraction of sp³-hybridized carbons (Fsp3) is 0.417. The predicted molar refractivity (Wildman–Crippen MR) is 130 cm³/mol. The summed E-state index contributed by atoms with van der Waals surface area (Å²) in [5, 5.41) is 8.78. The average Bonchev–Trinajstić information content (AvgIpc) is 3.28. The van der Waals surface area contributed by atoms with Crippen LogP contribution in [0.4, 0.5) is 17.3 Å². The van der Waals surface area contributed by atoms with E-state index in [1.807, 2.05) is 9.58 Å². The van der Waals surface area contributed by atoms with Gasteiger partial charge in [0, 0.05) is 56.8 Å². The maximum absolute atomic E-state index is 12.1. The van der Waals surface area contributed by atoms with Crippen LogP contribution in [0.15, 0.2) is 49.3 Å². The lowest BCUT2D eigenvalue weighted by Crippen LogP contribution is -2.44. The van der Waals surface area contributed by atoms with Crippen LogP contribution in [0.2, 0.25) is 0 Å². The molecule has 3 aromatic rings. The van der Waals surface area contributed by atoms with E-state index in [0.717, 1.165) is 62.3 Å². The second kappa shape index (κ2) is 9.19. The Morgan fingerprint density at radius 3 is 2.67 bits per heavy atom. The van der Waals surface area contributed by atoms with E-state index in [1.54, 1.807) is 12.4 Å². The third kappa shape index (κ3) is 4.54. The van der Waals surface area contributed by atoms with E-state index in [9.17, 15) is 4.79 Å². The largest absolute Gasteiger partial charge is 0.369 e. The zero-order chi connectivity index (χ0) is 22.8. The van der Waals surface area contributed by atoms with Crippen molar-refractivity contribution in [2.45, 2.75) is 18.9 Å². The monoisotopic (exact) mass is 446 g/mol. The van der Waals surface area contributed by atoms with Gasteiger partial charge in [-0.3, -0.25) is 4.79 Å². The maximum Gasteiger partial charge on any atom is 0.246 e. The number of piperidine rings is 1. The van der Waals surface area contributed by atoms with Crippen LogP contribution >= 0.6 is 0 Å².